The summed E-state index contributed by atoms with van der Waals surface area (Å²) in [6.45, 7) is 4.64. The van der Waals surface area contributed by atoms with Crippen LogP contribution >= 0.6 is 0 Å². The number of hydrogen-bond donors (Lipinski definition) is 4. The van der Waals surface area contributed by atoms with Crippen LogP contribution in [0.2, 0.25) is 0 Å². The number of anilines is 1. The first kappa shape index (κ1) is 19.8. The number of hydrogen-bond acceptors (Lipinski definition) is 6. The lowest BCUT2D eigenvalue weighted by Crippen LogP contribution is -2.37. The molecule has 0 saturated heterocycles. The molecule has 0 aromatic heterocycles. The number of nitrogens with one attached hydrogen (secondary N) is 2. The van der Waals surface area contributed by atoms with Crippen LogP contribution in [0.4, 0.5) is 10.5 Å². The van der Waals surface area contributed by atoms with Crippen LogP contribution in [-0.4, -0.2) is 34.7 Å². The first-order chi connectivity index (χ1) is 12.7. The number of carbonyl (C=O) groups is 3. The minimum atomic E-state index is -1.01. The van der Waals surface area contributed by atoms with Gasteiger partial charge in [0.2, 0.25) is 0 Å². The number of benzene rings is 2. The zero-order chi connectivity index (χ0) is 20.1. The molecule has 0 unspecified atom stereocenters. The van der Waals surface area contributed by atoms with E-state index in [1.807, 2.05) is 25.2 Å². The highest BCUT2D eigenvalue weighted by molar-refractivity contribution is 6.02. The van der Waals surface area contributed by atoms with Crippen molar-refractivity contribution in [3.8, 4) is 11.5 Å². The van der Waals surface area contributed by atoms with Gasteiger partial charge in [0.1, 0.15) is 5.56 Å². The van der Waals surface area contributed by atoms with Crippen molar-refractivity contribution in [3.63, 3.8) is 0 Å². The zero-order valence-corrected chi connectivity index (χ0v) is 15.1. The Kier molecular flexibility index (Phi) is 6.02. The zero-order valence-electron chi connectivity index (χ0n) is 15.1. The molecule has 0 aliphatic heterocycles. The number of aromatic hydroxyl groups is 2. The number of aryl methyl sites for hydroxylation is 3. The Bertz CT molecular complexity index is 907. The first-order valence-corrected chi connectivity index (χ1v) is 8.05. The van der Waals surface area contributed by atoms with Crippen LogP contribution < -0.4 is 10.6 Å². The maximum atomic E-state index is 11.9. The molecule has 0 atom stereocenters. The minimum absolute atomic E-state index is 0.287. The van der Waals surface area contributed by atoms with Gasteiger partial charge in [-0.25, -0.2) is 9.59 Å². The van der Waals surface area contributed by atoms with Crippen LogP contribution in [-0.2, 0) is 9.53 Å². The molecular formula is C19H20N2O6. The van der Waals surface area contributed by atoms with Crippen molar-refractivity contribution in [3.05, 3.63) is 52.6 Å². The summed E-state index contributed by atoms with van der Waals surface area (Å²) in [6, 6.07) is 7.19. The molecule has 2 rings (SSSR count). The molecule has 27 heavy (non-hydrogen) atoms. The van der Waals surface area contributed by atoms with Gasteiger partial charge in [-0.1, -0.05) is 12.1 Å². The number of esters is 1. The summed E-state index contributed by atoms with van der Waals surface area (Å²) in [6.07, 6.45) is 0. The molecular weight excluding hydrogens is 352 g/mol. The number of rotatable bonds is 4. The molecule has 3 amide bonds. The van der Waals surface area contributed by atoms with E-state index in [2.05, 4.69) is 5.32 Å². The molecule has 0 aliphatic rings. The van der Waals surface area contributed by atoms with E-state index < -0.39 is 36.0 Å². The van der Waals surface area contributed by atoms with Crippen molar-refractivity contribution in [1.82, 2.24) is 5.32 Å². The highest BCUT2D eigenvalue weighted by atomic mass is 16.5. The second kappa shape index (κ2) is 8.22. The van der Waals surface area contributed by atoms with Crippen LogP contribution in [0.3, 0.4) is 0 Å². The Morgan fingerprint density at radius 3 is 2.26 bits per heavy atom. The van der Waals surface area contributed by atoms with Gasteiger partial charge in [0.15, 0.2) is 18.1 Å². The lowest BCUT2D eigenvalue weighted by Gasteiger charge is -2.10. The molecule has 142 valence electrons. The summed E-state index contributed by atoms with van der Waals surface area (Å²) in [7, 11) is 0. The highest BCUT2D eigenvalue weighted by Crippen LogP contribution is 2.32. The van der Waals surface area contributed by atoms with Gasteiger partial charge in [0.25, 0.3) is 5.91 Å². The van der Waals surface area contributed by atoms with Gasteiger partial charge in [-0.05, 0) is 55.7 Å². The molecule has 2 aromatic carbocycles. The van der Waals surface area contributed by atoms with Crippen molar-refractivity contribution in [2.45, 2.75) is 20.8 Å². The Labute approximate surface area is 155 Å². The third-order valence-electron chi connectivity index (χ3n) is 3.92. The highest BCUT2D eigenvalue weighted by Gasteiger charge is 2.19. The van der Waals surface area contributed by atoms with Crippen LogP contribution in [0.5, 0.6) is 11.5 Å². The van der Waals surface area contributed by atoms with Gasteiger partial charge in [-0.15, -0.1) is 0 Å². The van der Waals surface area contributed by atoms with E-state index in [-0.39, 0.29) is 5.56 Å². The number of amides is 3. The molecule has 8 nitrogen and oxygen atoms in total. The van der Waals surface area contributed by atoms with Crippen molar-refractivity contribution >= 4 is 23.6 Å². The summed E-state index contributed by atoms with van der Waals surface area (Å²) in [4.78, 5) is 35.5. The Morgan fingerprint density at radius 2 is 1.59 bits per heavy atom. The van der Waals surface area contributed by atoms with E-state index in [1.54, 1.807) is 19.1 Å². The third-order valence-corrected chi connectivity index (χ3v) is 3.92. The minimum Gasteiger partial charge on any atom is -0.504 e. The molecule has 0 saturated carbocycles. The normalized spacial score (nSPS) is 10.2. The summed E-state index contributed by atoms with van der Waals surface area (Å²) < 4.78 is 4.75. The molecule has 0 spiro atoms. The molecule has 4 N–H and O–H groups in total. The van der Waals surface area contributed by atoms with Crippen molar-refractivity contribution in [2.24, 2.45) is 0 Å². The van der Waals surface area contributed by atoms with Gasteiger partial charge < -0.3 is 20.3 Å². The number of phenolic OH excluding ortho intramolecular Hbond substituents is 2. The van der Waals surface area contributed by atoms with Crippen molar-refractivity contribution < 1.29 is 29.3 Å². The van der Waals surface area contributed by atoms with Gasteiger partial charge in [-0.2, -0.15) is 0 Å². The fourth-order valence-electron chi connectivity index (χ4n) is 2.20. The average molecular weight is 372 g/mol. The van der Waals surface area contributed by atoms with E-state index in [1.165, 1.54) is 12.1 Å². The van der Waals surface area contributed by atoms with Gasteiger partial charge in [0, 0.05) is 5.69 Å². The maximum absolute atomic E-state index is 11.9. The second-order valence-electron chi connectivity index (χ2n) is 6.00. The lowest BCUT2D eigenvalue weighted by atomic mass is 10.1. The molecule has 0 radical (unpaired) electrons. The van der Waals surface area contributed by atoms with Crippen LogP contribution in [0.15, 0.2) is 30.3 Å². The predicted octanol–water partition coefficient (Wildman–Crippen LogP) is 2.53. The fourth-order valence-corrected chi connectivity index (χ4v) is 2.20. The number of imide groups is 1. The number of phenols is 2. The van der Waals surface area contributed by atoms with E-state index in [4.69, 9.17) is 4.74 Å². The van der Waals surface area contributed by atoms with E-state index in [0.717, 1.165) is 11.1 Å². The molecule has 0 bridgehead atoms. The SMILES string of the molecule is Cc1ccc(NC(=O)NC(=O)COC(=O)c2ccc(C)c(O)c2O)cc1C. The Morgan fingerprint density at radius 1 is 0.926 bits per heavy atom. The smallest absolute Gasteiger partial charge is 0.342 e. The molecule has 2 aromatic rings. The summed E-state index contributed by atoms with van der Waals surface area (Å²) >= 11 is 0. The summed E-state index contributed by atoms with van der Waals surface area (Å²) in [5.74, 6) is -2.93. The maximum Gasteiger partial charge on any atom is 0.342 e. The Hall–Kier alpha value is -3.55. The van der Waals surface area contributed by atoms with Gasteiger partial charge in [0.05, 0.1) is 0 Å². The van der Waals surface area contributed by atoms with Crippen LogP contribution in [0.1, 0.15) is 27.0 Å². The van der Waals surface area contributed by atoms with E-state index in [9.17, 15) is 24.6 Å². The standard InChI is InChI=1S/C19H20N2O6/c1-10-4-6-13(8-12(10)3)20-19(26)21-15(22)9-27-18(25)14-7-5-11(2)16(23)17(14)24/h4-8,23-24H,9H2,1-3H3,(H2,20,21,22,26). The van der Waals surface area contributed by atoms with Gasteiger partial charge in [-0.3, -0.25) is 10.1 Å². The van der Waals surface area contributed by atoms with Gasteiger partial charge >= 0.3 is 12.0 Å². The quantitative estimate of drug-likeness (QED) is 0.483. The predicted molar refractivity (Wildman–Crippen MR) is 97.9 cm³/mol. The lowest BCUT2D eigenvalue weighted by molar-refractivity contribution is -0.123. The van der Waals surface area contributed by atoms with Crippen LogP contribution in [0, 0.1) is 20.8 Å². The topological polar surface area (TPSA) is 125 Å². The largest absolute Gasteiger partial charge is 0.504 e. The first-order valence-electron chi connectivity index (χ1n) is 8.05. The number of urea groups is 1. The second-order valence-corrected chi connectivity index (χ2v) is 6.00. The molecule has 0 heterocycles. The summed E-state index contributed by atoms with van der Waals surface area (Å²) in [5, 5.41) is 23.9. The fraction of sp³-hybridized carbons (Fsp3) is 0.211. The average Bonchev–Trinajstić information content (AvgIpc) is 2.61. The van der Waals surface area contributed by atoms with E-state index >= 15 is 0 Å². The van der Waals surface area contributed by atoms with Crippen LogP contribution in [0.25, 0.3) is 0 Å². The number of ether oxygens (including phenoxy) is 1. The molecule has 0 aliphatic carbocycles. The number of carbonyl (C=O) groups excluding carboxylic acids is 3. The monoisotopic (exact) mass is 372 g/mol. The molecule has 0 fully saturated rings. The third kappa shape index (κ3) is 4.97. The van der Waals surface area contributed by atoms with Crippen molar-refractivity contribution in [2.75, 3.05) is 11.9 Å². The van der Waals surface area contributed by atoms with Crippen molar-refractivity contribution in [1.29, 1.82) is 0 Å². The molecule has 8 heteroatoms. The summed E-state index contributed by atoms with van der Waals surface area (Å²) in [5.41, 5.74) is 2.65. The van der Waals surface area contributed by atoms with E-state index in [0.29, 0.717) is 11.3 Å². The Balaban J connectivity index is 1.88.